The van der Waals surface area contributed by atoms with Gasteiger partial charge in [-0.1, -0.05) is 24.6 Å². The molecule has 0 spiro atoms. The molecule has 0 aliphatic rings. The molecule has 3 rings (SSSR count). The summed E-state index contributed by atoms with van der Waals surface area (Å²) in [7, 11) is 0. The van der Waals surface area contributed by atoms with Crippen LogP contribution in [-0.4, -0.2) is 21.2 Å². The van der Waals surface area contributed by atoms with Crippen molar-refractivity contribution in [2.24, 2.45) is 5.73 Å². The summed E-state index contributed by atoms with van der Waals surface area (Å²) in [5.74, 6) is 1.19. The third-order valence-corrected chi connectivity index (χ3v) is 3.43. The van der Waals surface area contributed by atoms with Crippen LogP contribution < -0.4 is 5.73 Å². The molecule has 1 atom stereocenters. The summed E-state index contributed by atoms with van der Waals surface area (Å²) in [6.07, 6.45) is 4.42. The number of fused-ring (bicyclic) bond motifs is 1. The van der Waals surface area contributed by atoms with Crippen molar-refractivity contribution in [1.82, 2.24) is 15.1 Å². The van der Waals surface area contributed by atoms with E-state index in [4.69, 9.17) is 10.3 Å². The quantitative estimate of drug-likeness (QED) is 0.778. The lowest BCUT2D eigenvalue weighted by Gasteiger charge is -2.05. The minimum absolute atomic E-state index is 0.0732. The van der Waals surface area contributed by atoms with Crippen LogP contribution in [0.1, 0.15) is 25.7 Å². The number of nitrogens with two attached hydrogens (primary N) is 1. The van der Waals surface area contributed by atoms with E-state index in [1.54, 1.807) is 6.20 Å². The third-order valence-electron chi connectivity index (χ3n) is 3.43. The zero-order valence-electron chi connectivity index (χ0n) is 12.0. The van der Waals surface area contributed by atoms with Crippen molar-refractivity contribution in [2.75, 3.05) is 0 Å². The normalized spacial score (nSPS) is 12.7. The smallest absolute Gasteiger partial charge is 0.228 e. The molecule has 0 aliphatic heterocycles. The average molecular weight is 282 g/mol. The van der Waals surface area contributed by atoms with E-state index < -0.39 is 0 Å². The Morgan fingerprint density at radius 1 is 1.29 bits per heavy atom. The fourth-order valence-electron chi connectivity index (χ4n) is 2.37. The van der Waals surface area contributed by atoms with Gasteiger partial charge in [0.2, 0.25) is 11.7 Å². The molecular formula is C16H18N4O. The lowest BCUT2D eigenvalue weighted by atomic mass is 10.1. The minimum atomic E-state index is 0.0732. The number of hydrogen-bond acceptors (Lipinski definition) is 5. The minimum Gasteiger partial charge on any atom is -0.339 e. The van der Waals surface area contributed by atoms with Crippen molar-refractivity contribution in [1.29, 1.82) is 0 Å². The summed E-state index contributed by atoms with van der Waals surface area (Å²) in [6, 6.07) is 9.94. The number of nitrogens with zero attached hydrogens (tertiary/aromatic N) is 3. The lowest BCUT2D eigenvalue weighted by Crippen LogP contribution is -2.22. The van der Waals surface area contributed by atoms with Crippen LogP contribution in [0.15, 0.2) is 41.1 Å². The summed E-state index contributed by atoms with van der Waals surface area (Å²) in [6.45, 7) is 2.11. The Bertz CT molecular complexity index is 738. The molecule has 0 radical (unpaired) electrons. The molecule has 2 heterocycles. The van der Waals surface area contributed by atoms with Crippen LogP contribution in [-0.2, 0) is 6.42 Å². The molecule has 0 fully saturated rings. The van der Waals surface area contributed by atoms with Gasteiger partial charge in [-0.2, -0.15) is 4.98 Å². The Labute approximate surface area is 123 Å². The first-order valence-electron chi connectivity index (χ1n) is 7.19. The van der Waals surface area contributed by atoms with Crippen LogP contribution >= 0.6 is 0 Å². The van der Waals surface area contributed by atoms with Crippen LogP contribution in [0.2, 0.25) is 0 Å². The van der Waals surface area contributed by atoms with Crippen molar-refractivity contribution >= 4 is 10.9 Å². The lowest BCUT2D eigenvalue weighted by molar-refractivity contribution is 0.366. The molecule has 0 bridgehead atoms. The van der Waals surface area contributed by atoms with E-state index in [-0.39, 0.29) is 6.04 Å². The standard InChI is InChI=1S/C16H18N4O/c1-2-4-13(17)10-15-19-16(20-21-15)12-6-7-14-11(9-12)5-3-8-18-14/h3,5-9,13H,2,4,10,17H2,1H3. The third kappa shape index (κ3) is 3.08. The number of hydrogen-bond donors (Lipinski definition) is 1. The molecule has 2 aromatic heterocycles. The first-order chi connectivity index (χ1) is 10.3. The predicted octanol–water partition coefficient (Wildman–Crippen LogP) is 2.95. The Kier molecular flexibility index (Phi) is 3.92. The van der Waals surface area contributed by atoms with E-state index in [2.05, 4.69) is 22.0 Å². The van der Waals surface area contributed by atoms with Crippen molar-refractivity contribution in [2.45, 2.75) is 32.2 Å². The van der Waals surface area contributed by atoms with Crippen LogP contribution in [0.5, 0.6) is 0 Å². The van der Waals surface area contributed by atoms with E-state index in [9.17, 15) is 0 Å². The molecule has 0 saturated carbocycles. The Balaban J connectivity index is 1.84. The van der Waals surface area contributed by atoms with E-state index >= 15 is 0 Å². The van der Waals surface area contributed by atoms with Gasteiger partial charge >= 0.3 is 0 Å². The van der Waals surface area contributed by atoms with E-state index in [1.807, 2.05) is 30.3 Å². The maximum absolute atomic E-state index is 6.00. The topological polar surface area (TPSA) is 77.8 Å². The highest BCUT2D eigenvalue weighted by Crippen LogP contribution is 2.21. The fourth-order valence-corrected chi connectivity index (χ4v) is 2.37. The maximum atomic E-state index is 6.00. The summed E-state index contributed by atoms with van der Waals surface area (Å²) in [4.78, 5) is 8.73. The zero-order valence-corrected chi connectivity index (χ0v) is 12.0. The number of benzene rings is 1. The molecule has 0 saturated heterocycles. The average Bonchev–Trinajstić information content (AvgIpc) is 2.95. The van der Waals surface area contributed by atoms with Crippen LogP contribution in [0, 0.1) is 0 Å². The highest BCUT2D eigenvalue weighted by Gasteiger charge is 2.12. The van der Waals surface area contributed by atoms with Crippen molar-refractivity contribution in [3.8, 4) is 11.4 Å². The second-order valence-corrected chi connectivity index (χ2v) is 5.18. The molecule has 2 N–H and O–H groups in total. The second kappa shape index (κ2) is 6.01. The van der Waals surface area contributed by atoms with Gasteiger partial charge in [-0.05, 0) is 30.7 Å². The monoisotopic (exact) mass is 282 g/mol. The first kappa shape index (κ1) is 13.7. The highest BCUT2D eigenvalue weighted by molar-refractivity contribution is 5.82. The van der Waals surface area contributed by atoms with Gasteiger partial charge in [-0.25, -0.2) is 0 Å². The molecule has 21 heavy (non-hydrogen) atoms. The summed E-state index contributed by atoms with van der Waals surface area (Å²) in [5, 5.41) is 5.10. The summed E-state index contributed by atoms with van der Waals surface area (Å²) >= 11 is 0. The van der Waals surface area contributed by atoms with Crippen LogP contribution in [0.4, 0.5) is 0 Å². The first-order valence-corrected chi connectivity index (χ1v) is 7.19. The molecule has 5 heteroatoms. The van der Waals surface area contributed by atoms with E-state index in [0.717, 1.165) is 29.3 Å². The fraction of sp³-hybridized carbons (Fsp3) is 0.312. The highest BCUT2D eigenvalue weighted by atomic mass is 16.5. The van der Waals surface area contributed by atoms with Gasteiger partial charge < -0.3 is 10.3 Å². The van der Waals surface area contributed by atoms with Gasteiger partial charge in [-0.15, -0.1) is 0 Å². The number of pyridine rings is 1. The maximum Gasteiger partial charge on any atom is 0.228 e. The van der Waals surface area contributed by atoms with Gasteiger partial charge in [0.15, 0.2) is 0 Å². The van der Waals surface area contributed by atoms with Gasteiger partial charge in [-0.3, -0.25) is 4.98 Å². The summed E-state index contributed by atoms with van der Waals surface area (Å²) in [5.41, 5.74) is 7.88. The molecule has 0 amide bonds. The Hall–Kier alpha value is -2.27. The van der Waals surface area contributed by atoms with Crippen molar-refractivity contribution in [3.05, 3.63) is 42.4 Å². The summed E-state index contributed by atoms with van der Waals surface area (Å²) < 4.78 is 5.29. The second-order valence-electron chi connectivity index (χ2n) is 5.18. The van der Waals surface area contributed by atoms with Crippen molar-refractivity contribution in [3.63, 3.8) is 0 Å². The van der Waals surface area contributed by atoms with E-state index in [0.29, 0.717) is 18.1 Å². The largest absolute Gasteiger partial charge is 0.339 e. The number of rotatable bonds is 5. The van der Waals surface area contributed by atoms with Crippen LogP contribution in [0.25, 0.3) is 22.3 Å². The molecular weight excluding hydrogens is 264 g/mol. The van der Waals surface area contributed by atoms with E-state index in [1.165, 1.54) is 0 Å². The van der Waals surface area contributed by atoms with Crippen LogP contribution in [0.3, 0.4) is 0 Å². The molecule has 0 aliphatic carbocycles. The Morgan fingerprint density at radius 3 is 3.05 bits per heavy atom. The number of aromatic nitrogens is 3. The molecule has 3 aromatic rings. The zero-order chi connectivity index (χ0) is 14.7. The molecule has 5 nitrogen and oxygen atoms in total. The van der Waals surface area contributed by atoms with Gasteiger partial charge in [0, 0.05) is 29.6 Å². The Morgan fingerprint density at radius 2 is 2.19 bits per heavy atom. The molecule has 1 aromatic carbocycles. The van der Waals surface area contributed by atoms with Gasteiger partial charge in [0.1, 0.15) is 0 Å². The molecule has 108 valence electrons. The van der Waals surface area contributed by atoms with Gasteiger partial charge in [0.25, 0.3) is 0 Å². The van der Waals surface area contributed by atoms with Gasteiger partial charge in [0.05, 0.1) is 5.52 Å². The molecule has 1 unspecified atom stereocenters. The predicted molar refractivity (Wildman–Crippen MR) is 81.6 cm³/mol. The van der Waals surface area contributed by atoms with Crippen molar-refractivity contribution < 1.29 is 4.52 Å². The SMILES string of the molecule is CCCC(N)Cc1nc(-c2ccc3ncccc3c2)no1.